The van der Waals surface area contributed by atoms with Crippen LogP contribution in [0.2, 0.25) is 0 Å². The van der Waals surface area contributed by atoms with Gasteiger partial charge in [0.2, 0.25) is 0 Å². The summed E-state index contributed by atoms with van der Waals surface area (Å²) in [7, 11) is -0.993. The summed E-state index contributed by atoms with van der Waals surface area (Å²) >= 11 is 0. The van der Waals surface area contributed by atoms with E-state index in [0.29, 0.717) is 5.56 Å². The zero-order valence-electron chi connectivity index (χ0n) is 11.3. The highest BCUT2D eigenvalue weighted by atomic mass is 32.2. The predicted molar refractivity (Wildman–Crippen MR) is 75.3 cm³/mol. The third-order valence-corrected chi connectivity index (χ3v) is 3.64. The van der Waals surface area contributed by atoms with Gasteiger partial charge in [-0.2, -0.15) is 0 Å². The molecule has 0 saturated carbocycles. The van der Waals surface area contributed by atoms with Gasteiger partial charge in [-0.05, 0) is 37.1 Å². The molecule has 0 aromatic heterocycles. The Morgan fingerprint density at radius 2 is 1.61 bits per heavy atom. The molecule has 18 heavy (non-hydrogen) atoms. The van der Waals surface area contributed by atoms with E-state index in [1.165, 1.54) is 0 Å². The van der Waals surface area contributed by atoms with E-state index in [4.69, 9.17) is 0 Å². The van der Waals surface area contributed by atoms with E-state index in [0.717, 1.165) is 30.8 Å². The molecule has 100 valence electrons. The van der Waals surface area contributed by atoms with E-state index in [-0.39, 0.29) is 5.91 Å². The van der Waals surface area contributed by atoms with Gasteiger partial charge in [0.05, 0.1) is 0 Å². The molecule has 1 unspecified atom stereocenters. The maximum Gasteiger partial charge on any atom is 0.253 e. The lowest BCUT2D eigenvalue weighted by molar-refractivity contribution is 0.0755. The molecule has 1 rings (SSSR count). The Kier molecular flexibility index (Phi) is 6.05. The van der Waals surface area contributed by atoms with Gasteiger partial charge < -0.3 is 4.90 Å². The molecule has 0 N–H and O–H groups in total. The molecule has 1 atom stereocenters. The molecule has 0 saturated heterocycles. The lowest BCUT2D eigenvalue weighted by Crippen LogP contribution is -2.32. The molecule has 0 spiro atoms. The smallest absolute Gasteiger partial charge is 0.253 e. The summed E-state index contributed by atoms with van der Waals surface area (Å²) < 4.78 is 11.3. The number of carbonyl (C=O) groups excluding carboxylic acids is 1. The van der Waals surface area contributed by atoms with Crippen molar-refractivity contribution >= 4 is 16.7 Å². The number of amides is 1. The van der Waals surface area contributed by atoms with Crippen molar-refractivity contribution in [1.29, 1.82) is 0 Å². The summed E-state index contributed by atoms with van der Waals surface area (Å²) in [6, 6.07) is 7.05. The van der Waals surface area contributed by atoms with Crippen molar-refractivity contribution in [2.45, 2.75) is 31.6 Å². The molecular weight excluding hydrogens is 246 g/mol. The van der Waals surface area contributed by atoms with Gasteiger partial charge in [-0.1, -0.05) is 13.8 Å². The second-order valence-electron chi connectivity index (χ2n) is 4.27. The number of nitrogens with zero attached hydrogens (tertiary/aromatic N) is 1. The average molecular weight is 267 g/mol. The Labute approximate surface area is 112 Å². The first-order valence-corrected chi connectivity index (χ1v) is 7.88. The number of hydrogen-bond acceptors (Lipinski definition) is 2. The standard InChI is InChI=1S/C14H21NO2S/c1-4-10-15(11-5-2)14(16)12-6-8-13(9-7-12)18(3)17/h6-9H,4-5,10-11H2,1-3H3. The molecule has 0 fully saturated rings. The van der Waals surface area contributed by atoms with E-state index in [1.54, 1.807) is 30.5 Å². The minimum Gasteiger partial charge on any atom is -0.339 e. The Hall–Kier alpha value is -1.16. The van der Waals surface area contributed by atoms with Gasteiger partial charge in [0.15, 0.2) is 0 Å². The van der Waals surface area contributed by atoms with Crippen LogP contribution < -0.4 is 0 Å². The monoisotopic (exact) mass is 267 g/mol. The van der Waals surface area contributed by atoms with Gasteiger partial charge in [0.25, 0.3) is 5.91 Å². The molecule has 0 aliphatic rings. The van der Waals surface area contributed by atoms with Crippen molar-refractivity contribution in [3.63, 3.8) is 0 Å². The van der Waals surface area contributed by atoms with Crippen molar-refractivity contribution in [2.24, 2.45) is 0 Å². The van der Waals surface area contributed by atoms with Crippen LogP contribution in [0.5, 0.6) is 0 Å². The zero-order valence-corrected chi connectivity index (χ0v) is 12.1. The van der Waals surface area contributed by atoms with Gasteiger partial charge >= 0.3 is 0 Å². The number of hydrogen-bond donors (Lipinski definition) is 0. The minimum absolute atomic E-state index is 0.0622. The van der Waals surface area contributed by atoms with Gasteiger partial charge in [0.1, 0.15) is 0 Å². The minimum atomic E-state index is -0.993. The van der Waals surface area contributed by atoms with Crippen LogP contribution in [-0.4, -0.2) is 34.4 Å². The first-order valence-electron chi connectivity index (χ1n) is 6.32. The predicted octanol–water partition coefficient (Wildman–Crippen LogP) is 2.69. The van der Waals surface area contributed by atoms with Gasteiger partial charge in [-0.15, -0.1) is 0 Å². The molecule has 0 aliphatic carbocycles. The van der Waals surface area contributed by atoms with Crippen LogP contribution in [0.1, 0.15) is 37.0 Å². The fourth-order valence-electron chi connectivity index (χ4n) is 1.83. The van der Waals surface area contributed by atoms with Crippen molar-refractivity contribution in [2.75, 3.05) is 19.3 Å². The van der Waals surface area contributed by atoms with Gasteiger partial charge in [-0.25, -0.2) is 0 Å². The van der Waals surface area contributed by atoms with Crippen LogP contribution in [0, 0.1) is 0 Å². The third-order valence-electron chi connectivity index (χ3n) is 2.71. The van der Waals surface area contributed by atoms with E-state index >= 15 is 0 Å². The van der Waals surface area contributed by atoms with E-state index in [9.17, 15) is 9.00 Å². The van der Waals surface area contributed by atoms with Crippen molar-refractivity contribution in [3.05, 3.63) is 29.8 Å². The lowest BCUT2D eigenvalue weighted by atomic mass is 10.2. The first kappa shape index (κ1) is 14.9. The fourth-order valence-corrected chi connectivity index (χ4v) is 2.35. The van der Waals surface area contributed by atoms with E-state index < -0.39 is 10.8 Å². The molecule has 0 bridgehead atoms. The van der Waals surface area contributed by atoms with Crippen LogP contribution >= 0.6 is 0 Å². The van der Waals surface area contributed by atoms with Crippen LogP contribution in [0.15, 0.2) is 29.2 Å². The second kappa shape index (κ2) is 7.31. The number of carbonyl (C=O) groups is 1. The summed E-state index contributed by atoms with van der Waals surface area (Å²) in [6.45, 7) is 5.71. The molecular formula is C14H21NO2S. The average Bonchev–Trinajstić information content (AvgIpc) is 2.38. The highest BCUT2D eigenvalue weighted by molar-refractivity contribution is 7.84. The summed E-state index contributed by atoms with van der Waals surface area (Å²) in [6.07, 6.45) is 3.56. The molecule has 0 heterocycles. The van der Waals surface area contributed by atoms with Crippen LogP contribution in [-0.2, 0) is 10.8 Å². The summed E-state index contributed by atoms with van der Waals surface area (Å²) in [4.78, 5) is 14.9. The third kappa shape index (κ3) is 3.95. The lowest BCUT2D eigenvalue weighted by Gasteiger charge is -2.21. The normalized spacial score (nSPS) is 12.2. The Morgan fingerprint density at radius 1 is 1.11 bits per heavy atom. The van der Waals surface area contributed by atoms with Crippen LogP contribution in [0.4, 0.5) is 0 Å². The first-order chi connectivity index (χ1) is 8.60. The summed E-state index contributed by atoms with van der Waals surface area (Å²) in [5.41, 5.74) is 0.672. The quantitative estimate of drug-likeness (QED) is 0.794. The number of benzene rings is 1. The largest absolute Gasteiger partial charge is 0.339 e. The SMILES string of the molecule is CCCN(CCC)C(=O)c1ccc(S(C)=O)cc1. The molecule has 0 aliphatic heterocycles. The molecule has 3 nitrogen and oxygen atoms in total. The summed E-state index contributed by atoms with van der Waals surface area (Å²) in [5.74, 6) is 0.0622. The van der Waals surface area contributed by atoms with Crippen LogP contribution in [0.3, 0.4) is 0 Å². The Balaban J connectivity index is 2.84. The highest BCUT2D eigenvalue weighted by Crippen LogP contribution is 2.11. The maximum atomic E-state index is 12.3. The molecule has 4 heteroatoms. The van der Waals surface area contributed by atoms with E-state index in [2.05, 4.69) is 13.8 Å². The molecule has 1 amide bonds. The Morgan fingerprint density at radius 3 is 2.00 bits per heavy atom. The second-order valence-corrected chi connectivity index (χ2v) is 5.65. The topological polar surface area (TPSA) is 37.4 Å². The van der Waals surface area contributed by atoms with E-state index in [1.807, 2.05) is 4.90 Å². The molecule has 1 aromatic carbocycles. The maximum absolute atomic E-state index is 12.3. The summed E-state index contributed by atoms with van der Waals surface area (Å²) in [5, 5.41) is 0. The van der Waals surface area contributed by atoms with Crippen LogP contribution in [0.25, 0.3) is 0 Å². The van der Waals surface area contributed by atoms with Crippen molar-refractivity contribution in [1.82, 2.24) is 4.90 Å². The highest BCUT2D eigenvalue weighted by Gasteiger charge is 2.14. The van der Waals surface area contributed by atoms with Crippen molar-refractivity contribution in [3.8, 4) is 0 Å². The fraction of sp³-hybridized carbons (Fsp3) is 0.500. The number of rotatable bonds is 6. The van der Waals surface area contributed by atoms with Crippen molar-refractivity contribution < 1.29 is 9.00 Å². The Bertz CT molecular complexity index is 408. The molecule has 1 aromatic rings. The van der Waals surface area contributed by atoms with Gasteiger partial charge in [0, 0.05) is 40.6 Å². The zero-order chi connectivity index (χ0) is 13.5. The van der Waals surface area contributed by atoms with Gasteiger partial charge in [-0.3, -0.25) is 9.00 Å². The molecule has 0 radical (unpaired) electrons.